The first-order valence-electron chi connectivity index (χ1n) is 4.68. The number of nitrogens with two attached hydrogens (primary N) is 3. The molecule has 0 spiro atoms. The second kappa shape index (κ2) is 9.87. The molecule has 0 aliphatic carbocycles. The van der Waals surface area contributed by atoms with Gasteiger partial charge in [-0.15, -0.1) is 49.6 Å². The summed E-state index contributed by atoms with van der Waals surface area (Å²) < 4.78 is 0. The molecule has 0 fully saturated rings. The van der Waals surface area contributed by atoms with Crippen molar-refractivity contribution >= 4 is 66.7 Å². The van der Waals surface area contributed by atoms with Crippen LogP contribution >= 0.6 is 49.6 Å². The number of benzene rings is 2. The molecule has 0 atom stereocenters. The maximum atomic E-state index is 5.88. The van der Waals surface area contributed by atoms with Crippen molar-refractivity contribution in [2.45, 2.75) is 0 Å². The lowest BCUT2D eigenvalue weighted by Gasteiger charge is -2.06. The van der Waals surface area contributed by atoms with Crippen molar-refractivity contribution < 1.29 is 0 Å². The zero-order chi connectivity index (χ0) is 10.8. The minimum absolute atomic E-state index is 0. The number of hydrogen-bond donors (Lipinski definition) is 3. The maximum Gasteiger partial charge on any atom is 0.0414 e. The van der Waals surface area contributed by atoms with Crippen molar-refractivity contribution in [3.63, 3.8) is 0 Å². The fourth-order valence-corrected chi connectivity index (χ4v) is 1.51. The summed E-state index contributed by atoms with van der Waals surface area (Å²) in [5, 5.41) is 0. The van der Waals surface area contributed by atoms with Gasteiger partial charge in [0.1, 0.15) is 0 Å². The van der Waals surface area contributed by atoms with E-state index in [2.05, 4.69) is 0 Å². The lowest BCUT2D eigenvalue weighted by molar-refractivity contribution is 1.60. The fourth-order valence-electron chi connectivity index (χ4n) is 1.51. The Balaban J connectivity index is -0.000000640. The largest absolute Gasteiger partial charge is 0.399 e. The summed E-state index contributed by atoms with van der Waals surface area (Å²) in [5.74, 6) is 0. The molecule has 0 aromatic heterocycles. The summed E-state index contributed by atoms with van der Waals surface area (Å²) in [6, 6.07) is 13.1. The molecule has 2 rings (SSSR count). The minimum Gasteiger partial charge on any atom is -0.399 e. The highest BCUT2D eigenvalue weighted by Crippen LogP contribution is 2.27. The average Bonchev–Trinajstić information content (AvgIpc) is 2.20. The third kappa shape index (κ3) is 5.66. The van der Waals surface area contributed by atoms with Gasteiger partial charge < -0.3 is 17.2 Å². The van der Waals surface area contributed by atoms with E-state index in [1.165, 1.54) is 0 Å². The van der Waals surface area contributed by atoms with Crippen LogP contribution in [0, 0.1) is 0 Å². The molecule has 19 heavy (non-hydrogen) atoms. The highest BCUT2D eigenvalue weighted by Gasteiger charge is 2.02. The van der Waals surface area contributed by atoms with Gasteiger partial charge in [-0.3, -0.25) is 0 Å². The van der Waals surface area contributed by atoms with E-state index in [0.717, 1.165) is 16.8 Å². The summed E-state index contributed by atoms with van der Waals surface area (Å²) in [6.07, 6.45) is 0. The van der Waals surface area contributed by atoms with Crippen LogP contribution in [0.5, 0.6) is 0 Å². The van der Waals surface area contributed by atoms with E-state index in [0.29, 0.717) is 11.4 Å². The summed E-state index contributed by atoms with van der Waals surface area (Å²) >= 11 is 0. The second-order valence-corrected chi connectivity index (χ2v) is 3.47. The van der Waals surface area contributed by atoms with E-state index in [9.17, 15) is 0 Å². The zero-order valence-corrected chi connectivity index (χ0v) is 13.2. The third-order valence-corrected chi connectivity index (χ3v) is 2.30. The Morgan fingerprint density at radius 1 is 0.579 bits per heavy atom. The second-order valence-electron chi connectivity index (χ2n) is 3.47. The minimum atomic E-state index is 0. The van der Waals surface area contributed by atoms with Crippen LogP contribution < -0.4 is 17.2 Å². The van der Waals surface area contributed by atoms with Gasteiger partial charge in [0.15, 0.2) is 0 Å². The zero-order valence-electron chi connectivity index (χ0n) is 9.91. The lowest BCUT2D eigenvalue weighted by atomic mass is 10.0. The van der Waals surface area contributed by atoms with Gasteiger partial charge in [-0.05, 0) is 29.8 Å². The Bertz CT molecular complexity index is 489. The van der Waals surface area contributed by atoms with E-state index in [1.54, 1.807) is 6.07 Å². The van der Waals surface area contributed by atoms with Gasteiger partial charge in [-0.1, -0.05) is 18.2 Å². The first kappa shape index (κ1) is 23.1. The van der Waals surface area contributed by atoms with Gasteiger partial charge in [0.05, 0.1) is 0 Å². The molecule has 0 radical (unpaired) electrons. The highest BCUT2D eigenvalue weighted by atomic mass is 35.5. The molecule has 3 nitrogen and oxygen atoms in total. The summed E-state index contributed by atoms with van der Waals surface area (Å²) in [6.45, 7) is 0. The summed E-state index contributed by atoms with van der Waals surface area (Å²) in [7, 11) is 0. The molecule has 2 aromatic rings. The van der Waals surface area contributed by atoms with E-state index in [-0.39, 0.29) is 49.6 Å². The van der Waals surface area contributed by atoms with Gasteiger partial charge in [0, 0.05) is 22.6 Å². The van der Waals surface area contributed by atoms with Crippen LogP contribution in [0.4, 0.5) is 17.1 Å². The molecule has 7 heteroatoms. The Morgan fingerprint density at radius 2 is 1.05 bits per heavy atom. The molecule has 0 heterocycles. The molecule has 0 saturated carbocycles. The average molecular weight is 345 g/mol. The van der Waals surface area contributed by atoms with Crippen LogP contribution in [0.3, 0.4) is 0 Å². The van der Waals surface area contributed by atoms with Crippen molar-refractivity contribution in [1.82, 2.24) is 0 Å². The van der Waals surface area contributed by atoms with Gasteiger partial charge in [-0.25, -0.2) is 0 Å². The topological polar surface area (TPSA) is 78.1 Å². The number of rotatable bonds is 1. The molecule has 0 aliphatic rings. The van der Waals surface area contributed by atoms with Crippen LogP contribution in [-0.4, -0.2) is 0 Å². The van der Waals surface area contributed by atoms with E-state index < -0.39 is 0 Å². The molecule has 0 unspecified atom stereocenters. The predicted molar refractivity (Wildman–Crippen MR) is 94.1 cm³/mol. The molecule has 2 aromatic carbocycles. The first-order chi connectivity index (χ1) is 7.16. The van der Waals surface area contributed by atoms with Crippen LogP contribution in [0.1, 0.15) is 0 Å². The fraction of sp³-hybridized carbons (Fsp3) is 0. The standard InChI is InChI=1S/C12H13N3.4ClH/c13-9-3-1-8(2-4-9)11-6-5-10(14)7-12(11)15;;;;/h1-7H,13-15H2;4*1H. The summed E-state index contributed by atoms with van der Waals surface area (Å²) in [4.78, 5) is 0. The van der Waals surface area contributed by atoms with Crippen molar-refractivity contribution in [3.05, 3.63) is 42.5 Å². The molecule has 0 aliphatic heterocycles. The monoisotopic (exact) mass is 343 g/mol. The number of halogens is 4. The number of nitrogen functional groups attached to an aromatic ring is 3. The molecule has 0 amide bonds. The van der Waals surface area contributed by atoms with Gasteiger partial charge in [0.2, 0.25) is 0 Å². The van der Waals surface area contributed by atoms with Gasteiger partial charge in [-0.2, -0.15) is 0 Å². The maximum absolute atomic E-state index is 5.88. The molecule has 0 bridgehead atoms. The lowest BCUT2D eigenvalue weighted by Crippen LogP contribution is -1.93. The first-order valence-corrected chi connectivity index (χ1v) is 4.68. The number of hydrogen-bond acceptors (Lipinski definition) is 3. The van der Waals surface area contributed by atoms with Crippen molar-refractivity contribution in [2.75, 3.05) is 17.2 Å². The summed E-state index contributed by atoms with van der Waals surface area (Å²) in [5.41, 5.74) is 21.2. The smallest absolute Gasteiger partial charge is 0.0414 e. The number of anilines is 3. The van der Waals surface area contributed by atoms with E-state index in [4.69, 9.17) is 17.2 Å². The predicted octanol–water partition coefficient (Wildman–Crippen LogP) is 3.79. The van der Waals surface area contributed by atoms with Crippen LogP contribution in [-0.2, 0) is 0 Å². The Morgan fingerprint density at radius 3 is 1.53 bits per heavy atom. The van der Waals surface area contributed by atoms with Gasteiger partial charge in [0.25, 0.3) is 0 Å². The Hall–Kier alpha value is -1.00. The van der Waals surface area contributed by atoms with Crippen molar-refractivity contribution in [2.24, 2.45) is 0 Å². The Labute approximate surface area is 137 Å². The molecule has 0 saturated heterocycles. The molecular formula is C12H17Cl4N3. The van der Waals surface area contributed by atoms with E-state index >= 15 is 0 Å². The molecule has 6 N–H and O–H groups in total. The highest BCUT2D eigenvalue weighted by molar-refractivity contribution is 5.86. The van der Waals surface area contributed by atoms with Gasteiger partial charge >= 0.3 is 0 Å². The third-order valence-electron chi connectivity index (χ3n) is 2.30. The molecular weight excluding hydrogens is 328 g/mol. The normalized spacial score (nSPS) is 8.00. The van der Waals surface area contributed by atoms with E-state index in [1.807, 2.05) is 36.4 Å². The van der Waals surface area contributed by atoms with Crippen molar-refractivity contribution in [3.8, 4) is 11.1 Å². The van der Waals surface area contributed by atoms with Crippen LogP contribution in [0.2, 0.25) is 0 Å². The Kier molecular flexibility index (Phi) is 12.0. The van der Waals surface area contributed by atoms with Crippen LogP contribution in [0.15, 0.2) is 42.5 Å². The SMILES string of the molecule is Cl.Cl.Cl.Cl.Nc1ccc(-c2ccc(N)cc2N)cc1. The van der Waals surface area contributed by atoms with Crippen LogP contribution in [0.25, 0.3) is 11.1 Å². The van der Waals surface area contributed by atoms with Crippen molar-refractivity contribution in [1.29, 1.82) is 0 Å². The quantitative estimate of drug-likeness (QED) is 0.688. The molecule has 108 valence electrons.